The number of nitrogens with zero attached hydrogens (tertiary/aromatic N) is 2. The van der Waals surface area contributed by atoms with Gasteiger partial charge in [-0.1, -0.05) is 73.9 Å². The number of sulfonamides is 1. The predicted octanol–water partition coefficient (Wildman–Crippen LogP) is 4.32. The Hall–Kier alpha value is -4.18. The monoisotopic (exact) mass is 603 g/mol. The average Bonchev–Trinajstić information content (AvgIpc) is 3.22. The second-order valence-electron chi connectivity index (χ2n) is 11.1. The van der Waals surface area contributed by atoms with Crippen molar-refractivity contribution < 1.29 is 27.5 Å². The summed E-state index contributed by atoms with van der Waals surface area (Å²) >= 11 is 0. The van der Waals surface area contributed by atoms with Crippen LogP contribution in [-0.4, -0.2) is 61.1 Å². The fraction of sp³-hybridized carbons (Fsp3) is 0.364. The highest BCUT2D eigenvalue weighted by Gasteiger charge is 2.41. The number of rotatable bonds is 11. The van der Waals surface area contributed by atoms with Crippen molar-refractivity contribution in [3.05, 3.63) is 95.6 Å². The molecule has 43 heavy (non-hydrogen) atoms. The summed E-state index contributed by atoms with van der Waals surface area (Å²) in [6, 6.07) is 22.0. The highest BCUT2D eigenvalue weighted by molar-refractivity contribution is 7.90. The third-order valence-electron chi connectivity index (χ3n) is 8.15. The zero-order valence-corrected chi connectivity index (χ0v) is 25.1. The summed E-state index contributed by atoms with van der Waals surface area (Å²) in [6.07, 6.45) is 5.02. The van der Waals surface area contributed by atoms with Crippen LogP contribution < -0.4 is 10.1 Å². The minimum atomic E-state index is -4.07. The lowest BCUT2D eigenvalue weighted by molar-refractivity contribution is -0.141. The molecule has 1 fully saturated rings. The summed E-state index contributed by atoms with van der Waals surface area (Å²) in [7, 11) is -2.51. The molecule has 0 unspecified atom stereocenters. The molecule has 226 valence electrons. The third-order valence-corrected chi connectivity index (χ3v) is 9.99. The maximum atomic E-state index is 14.1. The topological polar surface area (TPSA) is 113 Å². The molecule has 5 rings (SSSR count). The van der Waals surface area contributed by atoms with Crippen molar-refractivity contribution in [2.24, 2.45) is 0 Å². The molecule has 1 N–H and O–H groups in total. The van der Waals surface area contributed by atoms with Crippen molar-refractivity contribution in [1.29, 1.82) is 0 Å². The number of ether oxygens (including phenoxy) is 1. The number of hydrogen-bond donors (Lipinski definition) is 1. The number of fused-ring (bicyclic) bond motifs is 1. The van der Waals surface area contributed by atoms with Crippen LogP contribution in [0.2, 0.25) is 0 Å². The van der Waals surface area contributed by atoms with Gasteiger partial charge in [0.1, 0.15) is 16.7 Å². The van der Waals surface area contributed by atoms with Crippen LogP contribution in [-0.2, 0) is 32.6 Å². The van der Waals surface area contributed by atoms with Gasteiger partial charge in [-0.2, -0.15) is 0 Å². The van der Waals surface area contributed by atoms with Crippen LogP contribution in [0.25, 0.3) is 0 Å². The van der Waals surface area contributed by atoms with Gasteiger partial charge in [0.25, 0.3) is 15.9 Å². The Balaban J connectivity index is 1.44. The standard InChI is InChI=1S/C33H37N3O6S/c1-42-27-16-10-13-25(21-27)23-35(31(37)19-20-36-33(39)28-17-8-9-18-30(28)43(36,40)41)29(22-24-11-4-2-5-12-24)32(38)34-26-14-6-3-7-15-26/h2,4-5,8-13,16-18,21,26,29H,3,6-7,14-15,19-20,22-23H2,1H3,(H,34,38)/t29-/m0/s1. The quantitative estimate of drug-likeness (QED) is 0.349. The molecule has 1 heterocycles. The molecule has 0 radical (unpaired) electrons. The minimum Gasteiger partial charge on any atom is -0.497 e. The molecule has 0 spiro atoms. The lowest BCUT2D eigenvalue weighted by Crippen LogP contribution is -2.53. The van der Waals surface area contributed by atoms with Crippen LogP contribution in [0.4, 0.5) is 0 Å². The van der Waals surface area contributed by atoms with E-state index in [1.165, 1.54) is 17.0 Å². The summed E-state index contributed by atoms with van der Waals surface area (Å²) in [5.41, 5.74) is 1.74. The van der Waals surface area contributed by atoms with Gasteiger partial charge >= 0.3 is 0 Å². The maximum absolute atomic E-state index is 14.1. The second kappa shape index (κ2) is 13.4. The zero-order valence-electron chi connectivity index (χ0n) is 24.3. The summed E-state index contributed by atoms with van der Waals surface area (Å²) in [5, 5.41) is 3.19. The highest BCUT2D eigenvalue weighted by atomic mass is 32.2. The molecular weight excluding hydrogens is 566 g/mol. The van der Waals surface area contributed by atoms with Crippen LogP contribution in [0.1, 0.15) is 60.0 Å². The van der Waals surface area contributed by atoms with E-state index in [9.17, 15) is 22.8 Å². The van der Waals surface area contributed by atoms with Crippen molar-refractivity contribution in [2.75, 3.05) is 13.7 Å². The maximum Gasteiger partial charge on any atom is 0.269 e. The van der Waals surface area contributed by atoms with E-state index in [2.05, 4.69) is 5.32 Å². The van der Waals surface area contributed by atoms with Gasteiger partial charge in [0.15, 0.2) is 0 Å². The third kappa shape index (κ3) is 6.91. The number of hydrogen-bond acceptors (Lipinski definition) is 6. The van der Waals surface area contributed by atoms with Crippen LogP contribution in [0, 0.1) is 0 Å². The first-order valence-corrected chi connectivity index (χ1v) is 16.1. The fourth-order valence-corrected chi connectivity index (χ4v) is 7.43. The van der Waals surface area contributed by atoms with Gasteiger partial charge in [-0.3, -0.25) is 14.4 Å². The Morgan fingerprint density at radius 3 is 2.37 bits per heavy atom. The van der Waals surface area contributed by atoms with E-state index in [1.807, 2.05) is 48.5 Å². The molecule has 1 aliphatic heterocycles. The fourth-order valence-electron chi connectivity index (χ4n) is 5.86. The molecule has 3 aromatic rings. The predicted molar refractivity (Wildman–Crippen MR) is 162 cm³/mol. The van der Waals surface area contributed by atoms with E-state index < -0.39 is 27.9 Å². The molecule has 0 saturated heterocycles. The number of carbonyl (C=O) groups excluding carboxylic acids is 3. The molecule has 3 aromatic carbocycles. The molecule has 0 aromatic heterocycles. The van der Waals surface area contributed by atoms with Gasteiger partial charge in [-0.25, -0.2) is 12.7 Å². The summed E-state index contributed by atoms with van der Waals surface area (Å²) in [4.78, 5) is 42.5. The van der Waals surface area contributed by atoms with E-state index in [4.69, 9.17) is 4.74 Å². The summed E-state index contributed by atoms with van der Waals surface area (Å²) < 4.78 is 32.4. The molecule has 1 saturated carbocycles. The highest BCUT2D eigenvalue weighted by Crippen LogP contribution is 2.30. The molecule has 0 bridgehead atoms. The van der Waals surface area contributed by atoms with Gasteiger partial charge in [0.05, 0.1) is 12.7 Å². The number of benzene rings is 3. The van der Waals surface area contributed by atoms with Crippen LogP contribution >= 0.6 is 0 Å². The molecule has 1 aliphatic carbocycles. The second-order valence-corrected chi connectivity index (χ2v) is 12.9. The van der Waals surface area contributed by atoms with Crippen LogP contribution in [0.5, 0.6) is 5.75 Å². The Morgan fingerprint density at radius 2 is 1.65 bits per heavy atom. The Kier molecular flexibility index (Phi) is 9.45. The van der Waals surface area contributed by atoms with E-state index in [0.29, 0.717) is 5.75 Å². The van der Waals surface area contributed by atoms with Crippen LogP contribution in [0.3, 0.4) is 0 Å². The SMILES string of the molecule is COc1cccc(CN(C(=O)CCN2C(=O)c3ccccc3S2(=O)=O)[C@@H](Cc2ccccc2)C(=O)NC2CCCCC2)c1. The van der Waals surface area contributed by atoms with Gasteiger partial charge in [-0.05, 0) is 48.2 Å². The van der Waals surface area contributed by atoms with E-state index in [-0.39, 0.29) is 48.3 Å². The molecule has 3 amide bonds. The van der Waals surface area contributed by atoms with E-state index >= 15 is 0 Å². The molecular formula is C33H37N3O6S. The lowest BCUT2D eigenvalue weighted by Gasteiger charge is -2.34. The largest absolute Gasteiger partial charge is 0.497 e. The first kappa shape index (κ1) is 30.3. The van der Waals surface area contributed by atoms with Crippen molar-refractivity contribution in [2.45, 2.75) is 68.5 Å². The minimum absolute atomic E-state index is 0.0409. The Labute approximate surface area is 252 Å². The van der Waals surface area contributed by atoms with Gasteiger partial charge in [0, 0.05) is 32.0 Å². The lowest BCUT2D eigenvalue weighted by atomic mass is 9.94. The van der Waals surface area contributed by atoms with Crippen LogP contribution in [0.15, 0.2) is 83.8 Å². The summed E-state index contributed by atoms with van der Waals surface area (Å²) in [5.74, 6) is -0.716. The number of amides is 3. The van der Waals surface area contributed by atoms with E-state index in [0.717, 1.165) is 47.5 Å². The summed E-state index contributed by atoms with van der Waals surface area (Å²) in [6.45, 7) is -0.224. The molecule has 9 nitrogen and oxygen atoms in total. The molecule has 2 aliphatic rings. The van der Waals surface area contributed by atoms with Gasteiger partial charge < -0.3 is 15.0 Å². The Bertz CT molecular complexity index is 1570. The number of carbonyl (C=O) groups is 3. The van der Waals surface area contributed by atoms with Gasteiger partial charge in [-0.15, -0.1) is 0 Å². The zero-order chi connectivity index (χ0) is 30.4. The van der Waals surface area contributed by atoms with E-state index in [1.54, 1.807) is 25.3 Å². The van der Waals surface area contributed by atoms with Crippen molar-refractivity contribution >= 4 is 27.7 Å². The van der Waals surface area contributed by atoms with Crippen molar-refractivity contribution in [3.8, 4) is 5.75 Å². The normalized spacial score (nSPS) is 16.8. The smallest absolute Gasteiger partial charge is 0.269 e. The Morgan fingerprint density at radius 1 is 0.953 bits per heavy atom. The first-order chi connectivity index (χ1) is 20.8. The molecule has 10 heteroatoms. The molecule has 1 atom stereocenters. The van der Waals surface area contributed by atoms with Gasteiger partial charge in [0.2, 0.25) is 11.8 Å². The first-order valence-electron chi connectivity index (χ1n) is 14.7. The van der Waals surface area contributed by atoms with Crippen molar-refractivity contribution in [1.82, 2.24) is 14.5 Å². The average molecular weight is 604 g/mol. The number of nitrogens with one attached hydrogen (secondary N) is 1. The number of methoxy groups -OCH3 is 1. The van der Waals surface area contributed by atoms with Crippen molar-refractivity contribution in [3.63, 3.8) is 0 Å².